The number of amides is 2. The van der Waals surface area contributed by atoms with Crippen molar-refractivity contribution in [2.45, 2.75) is 58.3 Å². The standard InChI is InChI=1S/C21H31N3O2/c1-2-3-13-23-16-21(11-9-20(23)26)10-5-14-24(17-21)19(25)8-7-18-6-4-12-22-15-18/h4,6,12,15H,2-3,5,7-11,13-14,16-17H2,1H3/t21-/m0/s1. The first kappa shape index (κ1) is 18.9. The molecule has 3 rings (SSSR count). The minimum absolute atomic E-state index is 0.115. The molecule has 2 saturated heterocycles. The van der Waals surface area contributed by atoms with Crippen molar-refractivity contribution in [3.05, 3.63) is 30.1 Å². The van der Waals surface area contributed by atoms with Crippen LogP contribution in [0, 0.1) is 5.41 Å². The van der Waals surface area contributed by atoms with Gasteiger partial charge in [-0.05, 0) is 43.7 Å². The summed E-state index contributed by atoms with van der Waals surface area (Å²) >= 11 is 0. The van der Waals surface area contributed by atoms with Crippen LogP contribution in [0.25, 0.3) is 0 Å². The van der Waals surface area contributed by atoms with E-state index in [-0.39, 0.29) is 11.3 Å². The molecule has 2 amide bonds. The Hall–Kier alpha value is -1.91. The minimum atomic E-state index is 0.115. The van der Waals surface area contributed by atoms with Crippen LogP contribution in [0.5, 0.6) is 0 Å². The van der Waals surface area contributed by atoms with Crippen molar-refractivity contribution < 1.29 is 9.59 Å². The molecule has 0 bridgehead atoms. The van der Waals surface area contributed by atoms with Gasteiger partial charge in [0.2, 0.25) is 11.8 Å². The second kappa shape index (κ2) is 8.65. The Bertz CT molecular complexity index is 619. The van der Waals surface area contributed by atoms with Gasteiger partial charge >= 0.3 is 0 Å². The summed E-state index contributed by atoms with van der Waals surface area (Å²) in [7, 11) is 0. The van der Waals surface area contributed by atoms with Gasteiger partial charge in [-0.15, -0.1) is 0 Å². The maximum Gasteiger partial charge on any atom is 0.222 e. The molecule has 2 aliphatic rings. The van der Waals surface area contributed by atoms with Crippen molar-refractivity contribution in [1.29, 1.82) is 0 Å². The third-order valence-corrected chi connectivity index (χ3v) is 5.89. The molecule has 5 heteroatoms. The molecule has 0 saturated carbocycles. The molecule has 0 N–H and O–H groups in total. The van der Waals surface area contributed by atoms with Crippen LogP contribution in [0.15, 0.2) is 24.5 Å². The molecule has 2 fully saturated rings. The fourth-order valence-corrected chi connectivity index (χ4v) is 4.36. The Morgan fingerprint density at radius 1 is 1.31 bits per heavy atom. The molecule has 3 heterocycles. The first-order valence-corrected chi connectivity index (χ1v) is 10.1. The minimum Gasteiger partial charge on any atom is -0.342 e. The van der Waals surface area contributed by atoms with Gasteiger partial charge in [-0.2, -0.15) is 0 Å². The van der Waals surface area contributed by atoms with Crippen molar-refractivity contribution in [1.82, 2.24) is 14.8 Å². The lowest BCUT2D eigenvalue weighted by Gasteiger charge is -2.48. The number of likely N-dealkylation sites (tertiary alicyclic amines) is 2. The van der Waals surface area contributed by atoms with Gasteiger partial charge in [0.05, 0.1) is 0 Å². The number of hydrogen-bond acceptors (Lipinski definition) is 3. The van der Waals surface area contributed by atoms with Crippen molar-refractivity contribution in [3.63, 3.8) is 0 Å². The molecule has 0 radical (unpaired) electrons. The highest BCUT2D eigenvalue weighted by Crippen LogP contribution is 2.39. The summed E-state index contributed by atoms with van der Waals surface area (Å²) in [5, 5.41) is 0. The Labute approximate surface area is 156 Å². The highest BCUT2D eigenvalue weighted by atomic mass is 16.2. The monoisotopic (exact) mass is 357 g/mol. The molecule has 1 aromatic rings. The summed E-state index contributed by atoms with van der Waals surface area (Å²) in [5.74, 6) is 0.536. The highest BCUT2D eigenvalue weighted by molar-refractivity contribution is 5.78. The average Bonchev–Trinajstić information content (AvgIpc) is 2.68. The van der Waals surface area contributed by atoms with Crippen molar-refractivity contribution in [2.75, 3.05) is 26.2 Å². The zero-order chi connectivity index (χ0) is 18.4. The first-order chi connectivity index (χ1) is 12.6. The van der Waals surface area contributed by atoms with Gasteiger partial charge in [0.1, 0.15) is 0 Å². The van der Waals surface area contributed by atoms with E-state index in [0.717, 1.165) is 70.3 Å². The van der Waals surface area contributed by atoms with Crippen molar-refractivity contribution >= 4 is 11.8 Å². The van der Waals surface area contributed by atoms with Crippen LogP contribution >= 0.6 is 0 Å². The fourth-order valence-electron chi connectivity index (χ4n) is 4.36. The number of piperidine rings is 2. The number of aromatic nitrogens is 1. The van der Waals surface area contributed by atoms with E-state index < -0.39 is 0 Å². The molecule has 2 aliphatic heterocycles. The van der Waals surface area contributed by atoms with Crippen molar-refractivity contribution in [3.8, 4) is 0 Å². The van der Waals surface area contributed by atoms with Crippen LogP contribution in [-0.4, -0.2) is 52.8 Å². The largest absolute Gasteiger partial charge is 0.342 e. The van der Waals surface area contributed by atoms with E-state index in [0.29, 0.717) is 18.7 Å². The Morgan fingerprint density at radius 3 is 2.96 bits per heavy atom. The number of carbonyl (C=O) groups is 2. The second-order valence-electron chi connectivity index (χ2n) is 7.95. The molecule has 0 aliphatic carbocycles. The maximum absolute atomic E-state index is 12.7. The Morgan fingerprint density at radius 2 is 2.19 bits per heavy atom. The smallest absolute Gasteiger partial charge is 0.222 e. The van der Waals surface area contributed by atoms with Gasteiger partial charge in [0.25, 0.3) is 0 Å². The van der Waals surface area contributed by atoms with Gasteiger partial charge in [0, 0.05) is 56.8 Å². The van der Waals surface area contributed by atoms with Crippen LogP contribution in [0.2, 0.25) is 0 Å². The van der Waals surface area contributed by atoms with Gasteiger partial charge < -0.3 is 9.80 Å². The third kappa shape index (κ3) is 4.63. The van der Waals surface area contributed by atoms with E-state index >= 15 is 0 Å². The number of nitrogens with zero attached hydrogens (tertiary/aromatic N) is 3. The van der Waals surface area contributed by atoms with Crippen LogP contribution in [0.3, 0.4) is 0 Å². The van der Waals surface area contributed by atoms with Crippen LogP contribution in [-0.2, 0) is 16.0 Å². The number of pyridine rings is 1. The van der Waals surface area contributed by atoms with Gasteiger partial charge in [-0.3, -0.25) is 14.6 Å². The summed E-state index contributed by atoms with van der Waals surface area (Å²) in [6.07, 6.45) is 10.8. The van der Waals surface area contributed by atoms with E-state index in [9.17, 15) is 9.59 Å². The second-order valence-corrected chi connectivity index (χ2v) is 7.95. The predicted octanol–water partition coefficient (Wildman–Crippen LogP) is 3.05. The SMILES string of the molecule is CCCCN1C[C@]2(CCCN(C(=O)CCc3cccnc3)C2)CCC1=O. The van der Waals surface area contributed by atoms with Gasteiger partial charge in [-0.1, -0.05) is 19.4 Å². The topological polar surface area (TPSA) is 53.5 Å². The zero-order valence-corrected chi connectivity index (χ0v) is 16.0. The molecule has 1 atom stereocenters. The normalized spacial score (nSPS) is 23.5. The number of unbranched alkanes of at least 4 members (excludes halogenated alkanes) is 1. The van der Waals surface area contributed by atoms with E-state index in [1.807, 2.05) is 23.2 Å². The van der Waals surface area contributed by atoms with Gasteiger partial charge in [0.15, 0.2) is 0 Å². The molecular formula is C21H31N3O2. The summed E-state index contributed by atoms with van der Waals surface area (Å²) in [6, 6.07) is 3.94. The van der Waals surface area contributed by atoms with E-state index in [1.54, 1.807) is 6.20 Å². The van der Waals surface area contributed by atoms with Gasteiger partial charge in [-0.25, -0.2) is 0 Å². The molecule has 1 aromatic heterocycles. The third-order valence-electron chi connectivity index (χ3n) is 5.89. The predicted molar refractivity (Wildman–Crippen MR) is 102 cm³/mol. The molecule has 0 unspecified atom stereocenters. The Balaban J connectivity index is 1.57. The molecule has 142 valence electrons. The first-order valence-electron chi connectivity index (χ1n) is 10.1. The average molecular weight is 357 g/mol. The van der Waals surface area contributed by atoms with Crippen LogP contribution in [0.4, 0.5) is 0 Å². The molecular weight excluding hydrogens is 326 g/mol. The number of aryl methyl sites for hydroxylation is 1. The summed E-state index contributed by atoms with van der Waals surface area (Å²) in [4.78, 5) is 33.2. The molecule has 26 heavy (non-hydrogen) atoms. The maximum atomic E-state index is 12.7. The molecule has 0 aromatic carbocycles. The lowest BCUT2D eigenvalue weighted by molar-refractivity contribution is -0.143. The summed E-state index contributed by atoms with van der Waals surface area (Å²) in [6.45, 7) is 5.53. The van der Waals surface area contributed by atoms with Crippen LogP contribution < -0.4 is 0 Å². The lowest BCUT2D eigenvalue weighted by atomic mass is 9.73. The Kier molecular flexibility index (Phi) is 6.28. The zero-order valence-electron chi connectivity index (χ0n) is 16.0. The van der Waals surface area contributed by atoms with E-state index in [1.165, 1.54) is 0 Å². The number of hydrogen-bond donors (Lipinski definition) is 0. The summed E-state index contributed by atoms with van der Waals surface area (Å²) < 4.78 is 0. The lowest BCUT2D eigenvalue weighted by Crippen LogP contribution is -2.55. The highest BCUT2D eigenvalue weighted by Gasteiger charge is 2.42. The molecule has 5 nitrogen and oxygen atoms in total. The van der Waals surface area contributed by atoms with E-state index in [2.05, 4.69) is 16.8 Å². The number of rotatable bonds is 6. The van der Waals surface area contributed by atoms with Crippen molar-refractivity contribution in [2.24, 2.45) is 5.41 Å². The van der Waals surface area contributed by atoms with E-state index in [4.69, 9.17) is 0 Å². The molecule has 1 spiro atoms. The van der Waals surface area contributed by atoms with Crippen LogP contribution in [0.1, 0.15) is 57.4 Å². The quantitative estimate of drug-likeness (QED) is 0.786. The number of carbonyl (C=O) groups excluding carboxylic acids is 2. The fraction of sp³-hybridized carbons (Fsp3) is 0.667. The summed E-state index contributed by atoms with van der Waals surface area (Å²) in [5.41, 5.74) is 1.23.